The molecule has 0 heterocycles. The Balaban J connectivity index is 1.97. The van der Waals surface area contributed by atoms with Crippen LogP contribution in [0.1, 0.15) is 0 Å². The predicted molar refractivity (Wildman–Crippen MR) is 84.9 cm³/mol. The molecule has 3 aromatic carbocycles. The number of rotatable bonds is 4. The van der Waals surface area contributed by atoms with Crippen LogP contribution in [0.5, 0.6) is 17.2 Å². The van der Waals surface area contributed by atoms with E-state index in [4.69, 9.17) is 9.47 Å². The smallest absolute Gasteiger partial charge is 0.128 e. The summed E-state index contributed by atoms with van der Waals surface area (Å²) in [6.07, 6.45) is 0. The Hall–Kier alpha value is -2.74. The molecule has 0 saturated carbocycles. The molecule has 0 bridgehead atoms. The predicted octanol–water partition coefficient (Wildman–Crippen LogP) is 5.15. The number of hydrogen-bond donors (Lipinski definition) is 0. The van der Waals surface area contributed by atoms with Crippen molar-refractivity contribution in [2.24, 2.45) is 0 Å². The first kappa shape index (κ1) is 13.3. The van der Waals surface area contributed by atoms with Crippen LogP contribution in [-0.4, -0.2) is 7.11 Å². The number of para-hydroxylation sites is 1. The normalized spacial score (nSPS) is 10.1. The lowest BCUT2D eigenvalue weighted by molar-refractivity contribution is 0.414. The van der Waals surface area contributed by atoms with Crippen LogP contribution in [0, 0.1) is 0 Å². The molecule has 0 aliphatic rings. The molecule has 0 unspecified atom stereocenters. The van der Waals surface area contributed by atoms with Crippen molar-refractivity contribution < 1.29 is 9.47 Å². The van der Waals surface area contributed by atoms with Crippen LogP contribution in [0.4, 0.5) is 0 Å². The lowest BCUT2D eigenvalue weighted by Crippen LogP contribution is -1.90. The average Bonchev–Trinajstić information content (AvgIpc) is 2.56. The van der Waals surface area contributed by atoms with Crippen molar-refractivity contribution in [1.29, 1.82) is 0 Å². The van der Waals surface area contributed by atoms with Gasteiger partial charge in [-0.15, -0.1) is 0 Å². The van der Waals surface area contributed by atoms with E-state index >= 15 is 0 Å². The Morgan fingerprint density at radius 3 is 2.00 bits per heavy atom. The molecule has 104 valence electrons. The molecule has 3 rings (SSSR count). The second kappa shape index (κ2) is 6.14. The van der Waals surface area contributed by atoms with E-state index in [1.807, 2.05) is 66.7 Å². The van der Waals surface area contributed by atoms with Crippen molar-refractivity contribution in [1.82, 2.24) is 0 Å². The van der Waals surface area contributed by atoms with E-state index in [1.54, 1.807) is 7.11 Å². The van der Waals surface area contributed by atoms with Gasteiger partial charge in [-0.3, -0.25) is 0 Å². The van der Waals surface area contributed by atoms with Crippen LogP contribution in [-0.2, 0) is 0 Å². The lowest BCUT2D eigenvalue weighted by atomic mass is 10.0. The van der Waals surface area contributed by atoms with Gasteiger partial charge < -0.3 is 9.47 Å². The van der Waals surface area contributed by atoms with E-state index in [2.05, 4.69) is 12.1 Å². The molecular weight excluding hydrogens is 260 g/mol. The molecule has 21 heavy (non-hydrogen) atoms. The fraction of sp³-hybridized carbons (Fsp3) is 0.0526. The molecule has 0 spiro atoms. The number of ether oxygens (including phenoxy) is 2. The van der Waals surface area contributed by atoms with Crippen molar-refractivity contribution in [3.05, 3.63) is 78.9 Å². The summed E-state index contributed by atoms with van der Waals surface area (Å²) in [6.45, 7) is 0. The maximum atomic E-state index is 5.88. The fourth-order valence-corrected chi connectivity index (χ4v) is 2.22. The van der Waals surface area contributed by atoms with E-state index < -0.39 is 0 Å². The first-order valence-electron chi connectivity index (χ1n) is 6.83. The molecule has 0 atom stereocenters. The minimum absolute atomic E-state index is 0.792. The summed E-state index contributed by atoms with van der Waals surface area (Å²) in [7, 11) is 1.68. The third-order valence-corrected chi connectivity index (χ3v) is 3.23. The Kier molecular flexibility index (Phi) is 3.88. The summed E-state index contributed by atoms with van der Waals surface area (Å²) in [6, 6.07) is 25.7. The van der Waals surface area contributed by atoms with Crippen LogP contribution in [0.2, 0.25) is 0 Å². The van der Waals surface area contributed by atoms with Gasteiger partial charge in [0.05, 0.1) is 7.11 Å². The van der Waals surface area contributed by atoms with E-state index in [0.717, 1.165) is 28.4 Å². The highest BCUT2D eigenvalue weighted by molar-refractivity contribution is 5.72. The van der Waals surface area contributed by atoms with Gasteiger partial charge in [0.2, 0.25) is 0 Å². The summed E-state index contributed by atoms with van der Waals surface area (Å²) < 4.78 is 11.3. The fourth-order valence-electron chi connectivity index (χ4n) is 2.22. The van der Waals surface area contributed by atoms with Crippen molar-refractivity contribution in [2.75, 3.05) is 7.11 Å². The largest absolute Gasteiger partial charge is 0.496 e. The first-order chi connectivity index (χ1) is 10.4. The quantitative estimate of drug-likeness (QED) is 0.655. The van der Waals surface area contributed by atoms with E-state index in [1.165, 1.54) is 0 Å². The molecule has 0 radical (unpaired) electrons. The maximum Gasteiger partial charge on any atom is 0.128 e. The van der Waals surface area contributed by atoms with Crippen LogP contribution in [0.3, 0.4) is 0 Å². The van der Waals surface area contributed by atoms with Crippen molar-refractivity contribution in [3.63, 3.8) is 0 Å². The summed E-state index contributed by atoms with van der Waals surface area (Å²) in [5.74, 6) is 2.45. The monoisotopic (exact) mass is 276 g/mol. The summed E-state index contributed by atoms with van der Waals surface area (Å²) in [5, 5.41) is 0. The Labute approximate surface area is 124 Å². The van der Waals surface area contributed by atoms with Gasteiger partial charge in [0.1, 0.15) is 17.2 Å². The highest BCUT2D eigenvalue weighted by atomic mass is 16.5. The minimum atomic E-state index is 0.792. The van der Waals surface area contributed by atoms with Crippen LogP contribution in [0.15, 0.2) is 78.9 Å². The maximum absolute atomic E-state index is 5.88. The van der Waals surface area contributed by atoms with Crippen molar-refractivity contribution in [3.8, 4) is 28.4 Å². The first-order valence-corrected chi connectivity index (χ1v) is 6.83. The highest BCUT2D eigenvalue weighted by Crippen LogP contribution is 2.34. The zero-order valence-electron chi connectivity index (χ0n) is 11.8. The Morgan fingerprint density at radius 2 is 1.33 bits per heavy atom. The number of methoxy groups -OCH3 is 1. The van der Waals surface area contributed by atoms with Crippen molar-refractivity contribution in [2.45, 2.75) is 0 Å². The summed E-state index contributed by atoms with van der Waals surface area (Å²) in [5.41, 5.74) is 2.12. The third-order valence-electron chi connectivity index (χ3n) is 3.23. The molecule has 3 aromatic rings. The number of benzene rings is 3. The van der Waals surface area contributed by atoms with E-state index in [0.29, 0.717) is 0 Å². The zero-order chi connectivity index (χ0) is 14.5. The molecule has 2 nitrogen and oxygen atoms in total. The average molecular weight is 276 g/mol. The lowest BCUT2D eigenvalue weighted by Gasteiger charge is -2.12. The minimum Gasteiger partial charge on any atom is -0.496 e. The van der Waals surface area contributed by atoms with Gasteiger partial charge in [-0.25, -0.2) is 0 Å². The SMILES string of the molecule is COc1ccc(Oc2ccccc2)cc1-c1ccccc1. The van der Waals surface area contributed by atoms with Gasteiger partial charge in [-0.1, -0.05) is 48.5 Å². The van der Waals surface area contributed by atoms with E-state index in [9.17, 15) is 0 Å². The molecule has 0 amide bonds. The Bertz CT molecular complexity index is 706. The van der Waals surface area contributed by atoms with Gasteiger partial charge >= 0.3 is 0 Å². The van der Waals surface area contributed by atoms with Gasteiger partial charge in [0.25, 0.3) is 0 Å². The molecular formula is C19H16O2. The summed E-state index contributed by atoms with van der Waals surface area (Å²) in [4.78, 5) is 0. The Morgan fingerprint density at radius 1 is 0.667 bits per heavy atom. The molecule has 0 saturated heterocycles. The van der Waals surface area contributed by atoms with Crippen LogP contribution < -0.4 is 9.47 Å². The van der Waals surface area contributed by atoms with Crippen molar-refractivity contribution >= 4 is 0 Å². The second-order valence-corrected chi connectivity index (χ2v) is 4.64. The molecule has 2 heteroatoms. The van der Waals surface area contributed by atoms with Gasteiger partial charge in [-0.05, 0) is 35.9 Å². The molecule has 0 aliphatic heterocycles. The van der Waals surface area contributed by atoms with E-state index in [-0.39, 0.29) is 0 Å². The molecule has 0 N–H and O–H groups in total. The van der Waals surface area contributed by atoms with Crippen LogP contribution in [0.25, 0.3) is 11.1 Å². The second-order valence-electron chi connectivity index (χ2n) is 4.64. The number of hydrogen-bond acceptors (Lipinski definition) is 2. The summed E-state index contributed by atoms with van der Waals surface area (Å²) >= 11 is 0. The van der Waals surface area contributed by atoms with Gasteiger partial charge in [0.15, 0.2) is 0 Å². The third kappa shape index (κ3) is 3.06. The topological polar surface area (TPSA) is 18.5 Å². The molecule has 0 aromatic heterocycles. The molecule has 0 fully saturated rings. The molecule has 0 aliphatic carbocycles. The van der Waals surface area contributed by atoms with Gasteiger partial charge in [-0.2, -0.15) is 0 Å². The zero-order valence-corrected chi connectivity index (χ0v) is 11.8. The standard InChI is InChI=1S/C19H16O2/c1-20-19-13-12-17(21-16-10-6-3-7-11-16)14-18(19)15-8-4-2-5-9-15/h2-14H,1H3. The highest BCUT2D eigenvalue weighted by Gasteiger charge is 2.08. The van der Waals surface area contributed by atoms with Crippen LogP contribution >= 0.6 is 0 Å². The van der Waals surface area contributed by atoms with Gasteiger partial charge in [0, 0.05) is 5.56 Å².